The number of ether oxygens (including phenoxy) is 1. The van der Waals surface area contributed by atoms with Gasteiger partial charge < -0.3 is 20.1 Å². The molecule has 0 saturated carbocycles. The molecule has 0 radical (unpaired) electrons. The molecular formula is C11H24N2O2. The molecule has 0 aromatic carbocycles. The number of likely N-dealkylation sites (tertiary alicyclic amines) is 1. The maximum Gasteiger partial charge on any atom is 0.0597 e. The van der Waals surface area contributed by atoms with E-state index in [0.717, 1.165) is 39.0 Å². The normalized spacial score (nSPS) is 21.8. The predicted molar refractivity (Wildman–Crippen MR) is 61.0 cm³/mol. The molecule has 1 saturated heterocycles. The fourth-order valence-electron chi connectivity index (χ4n) is 2.11. The van der Waals surface area contributed by atoms with Gasteiger partial charge in [0.05, 0.1) is 12.7 Å². The highest BCUT2D eigenvalue weighted by Gasteiger charge is 2.20. The standard InChI is InChI=1S/C11H24N2O2/c1-3-12-10(9-14)8-13-6-4-11(15-2)5-7-13/h10-12,14H,3-9H2,1-2H3. The molecule has 4 heteroatoms. The number of nitrogens with one attached hydrogen (secondary N) is 1. The largest absolute Gasteiger partial charge is 0.395 e. The van der Waals surface area contributed by atoms with Gasteiger partial charge in [-0.1, -0.05) is 6.92 Å². The lowest BCUT2D eigenvalue weighted by Crippen LogP contribution is -2.46. The molecule has 1 rings (SSSR count). The number of likely N-dealkylation sites (N-methyl/N-ethyl adjacent to an activating group) is 1. The van der Waals surface area contributed by atoms with E-state index >= 15 is 0 Å². The van der Waals surface area contributed by atoms with E-state index in [4.69, 9.17) is 4.74 Å². The van der Waals surface area contributed by atoms with E-state index in [1.54, 1.807) is 7.11 Å². The van der Waals surface area contributed by atoms with Crippen LogP contribution >= 0.6 is 0 Å². The molecule has 0 aliphatic carbocycles. The van der Waals surface area contributed by atoms with Crippen molar-refractivity contribution in [3.05, 3.63) is 0 Å². The fourth-order valence-corrected chi connectivity index (χ4v) is 2.11. The second-order valence-corrected chi connectivity index (χ2v) is 4.17. The third kappa shape index (κ3) is 4.47. The minimum absolute atomic E-state index is 0.217. The molecule has 0 aromatic rings. The summed E-state index contributed by atoms with van der Waals surface area (Å²) in [4.78, 5) is 2.40. The van der Waals surface area contributed by atoms with Crippen LogP contribution in [0.2, 0.25) is 0 Å². The van der Waals surface area contributed by atoms with Crippen molar-refractivity contribution in [2.75, 3.05) is 39.9 Å². The van der Waals surface area contributed by atoms with Crippen LogP contribution in [0, 0.1) is 0 Å². The van der Waals surface area contributed by atoms with E-state index in [1.807, 2.05) is 0 Å². The van der Waals surface area contributed by atoms with E-state index in [-0.39, 0.29) is 12.6 Å². The van der Waals surface area contributed by atoms with Gasteiger partial charge in [0, 0.05) is 32.8 Å². The smallest absolute Gasteiger partial charge is 0.0597 e. The molecule has 1 aliphatic rings. The number of methoxy groups -OCH3 is 1. The van der Waals surface area contributed by atoms with Crippen LogP contribution in [0.15, 0.2) is 0 Å². The van der Waals surface area contributed by atoms with E-state index in [9.17, 15) is 5.11 Å². The van der Waals surface area contributed by atoms with E-state index < -0.39 is 0 Å². The van der Waals surface area contributed by atoms with Crippen LogP contribution in [0.4, 0.5) is 0 Å². The number of aliphatic hydroxyl groups excluding tert-OH is 1. The number of piperidine rings is 1. The lowest BCUT2D eigenvalue weighted by atomic mass is 10.1. The zero-order valence-electron chi connectivity index (χ0n) is 9.91. The first-order valence-corrected chi connectivity index (χ1v) is 5.89. The summed E-state index contributed by atoms with van der Waals surface area (Å²) in [5, 5.41) is 12.5. The summed E-state index contributed by atoms with van der Waals surface area (Å²) in [5.74, 6) is 0. The van der Waals surface area contributed by atoms with Gasteiger partial charge in [-0.25, -0.2) is 0 Å². The molecular weight excluding hydrogens is 192 g/mol. The van der Waals surface area contributed by atoms with Crippen LogP contribution in [0.1, 0.15) is 19.8 Å². The van der Waals surface area contributed by atoms with Crippen LogP contribution in [-0.4, -0.2) is 62.0 Å². The Bertz CT molecular complexity index is 159. The van der Waals surface area contributed by atoms with Gasteiger partial charge in [-0.3, -0.25) is 0 Å². The van der Waals surface area contributed by atoms with Crippen molar-refractivity contribution >= 4 is 0 Å². The van der Waals surface area contributed by atoms with Crippen molar-refractivity contribution in [3.63, 3.8) is 0 Å². The van der Waals surface area contributed by atoms with Crippen molar-refractivity contribution in [2.45, 2.75) is 31.9 Å². The van der Waals surface area contributed by atoms with Crippen molar-refractivity contribution in [1.82, 2.24) is 10.2 Å². The molecule has 1 heterocycles. The minimum atomic E-state index is 0.217. The maximum atomic E-state index is 9.17. The summed E-state index contributed by atoms with van der Waals surface area (Å²) in [6.07, 6.45) is 2.66. The Morgan fingerprint density at radius 1 is 1.47 bits per heavy atom. The molecule has 15 heavy (non-hydrogen) atoms. The second kappa shape index (κ2) is 7.17. The molecule has 4 nitrogen and oxygen atoms in total. The molecule has 90 valence electrons. The summed E-state index contributed by atoms with van der Waals surface area (Å²) in [6, 6.07) is 0.217. The molecule has 1 aliphatic heterocycles. The molecule has 2 N–H and O–H groups in total. The van der Waals surface area contributed by atoms with Gasteiger partial charge in [-0.2, -0.15) is 0 Å². The van der Waals surface area contributed by atoms with Crippen LogP contribution in [0.5, 0.6) is 0 Å². The van der Waals surface area contributed by atoms with E-state index in [1.165, 1.54) is 0 Å². The first-order valence-electron chi connectivity index (χ1n) is 5.89. The Morgan fingerprint density at radius 3 is 2.60 bits per heavy atom. The summed E-state index contributed by atoms with van der Waals surface area (Å²) in [7, 11) is 1.79. The average molecular weight is 216 g/mol. The number of hydrogen-bond donors (Lipinski definition) is 2. The number of nitrogens with zero attached hydrogens (tertiary/aromatic N) is 1. The van der Waals surface area contributed by atoms with E-state index in [0.29, 0.717) is 6.10 Å². The highest BCUT2D eigenvalue weighted by Crippen LogP contribution is 2.12. The van der Waals surface area contributed by atoms with Crippen LogP contribution < -0.4 is 5.32 Å². The zero-order chi connectivity index (χ0) is 11.1. The Kier molecular flexibility index (Phi) is 6.17. The van der Waals surface area contributed by atoms with Crippen molar-refractivity contribution in [3.8, 4) is 0 Å². The van der Waals surface area contributed by atoms with Crippen molar-refractivity contribution in [1.29, 1.82) is 0 Å². The van der Waals surface area contributed by atoms with Gasteiger partial charge in [0.25, 0.3) is 0 Å². The SMILES string of the molecule is CCNC(CO)CN1CCC(OC)CC1. The second-order valence-electron chi connectivity index (χ2n) is 4.17. The lowest BCUT2D eigenvalue weighted by molar-refractivity contribution is 0.0361. The van der Waals surface area contributed by atoms with Gasteiger partial charge >= 0.3 is 0 Å². The third-order valence-corrected chi connectivity index (χ3v) is 3.06. The summed E-state index contributed by atoms with van der Waals surface area (Å²) in [6.45, 7) is 6.32. The molecule has 0 amide bonds. The third-order valence-electron chi connectivity index (χ3n) is 3.06. The predicted octanol–water partition coefficient (Wildman–Crippen LogP) is 0.0676. The number of rotatable bonds is 6. The number of hydrogen-bond acceptors (Lipinski definition) is 4. The molecule has 0 spiro atoms. The summed E-state index contributed by atoms with van der Waals surface area (Å²) < 4.78 is 5.33. The summed E-state index contributed by atoms with van der Waals surface area (Å²) in [5.41, 5.74) is 0. The van der Waals surface area contributed by atoms with Gasteiger partial charge in [-0.05, 0) is 19.4 Å². The Hall–Kier alpha value is -0.160. The van der Waals surface area contributed by atoms with Gasteiger partial charge in [0.15, 0.2) is 0 Å². The Labute approximate surface area is 92.6 Å². The topological polar surface area (TPSA) is 44.7 Å². The van der Waals surface area contributed by atoms with Gasteiger partial charge in [0.2, 0.25) is 0 Å². The number of aliphatic hydroxyl groups is 1. The monoisotopic (exact) mass is 216 g/mol. The van der Waals surface area contributed by atoms with Crippen molar-refractivity contribution < 1.29 is 9.84 Å². The van der Waals surface area contributed by atoms with Crippen LogP contribution in [0.25, 0.3) is 0 Å². The first kappa shape index (κ1) is 12.9. The molecule has 1 unspecified atom stereocenters. The van der Waals surface area contributed by atoms with E-state index in [2.05, 4.69) is 17.1 Å². The Balaban J connectivity index is 2.21. The molecule has 0 bridgehead atoms. The first-order chi connectivity index (χ1) is 7.30. The minimum Gasteiger partial charge on any atom is -0.395 e. The van der Waals surface area contributed by atoms with Crippen LogP contribution in [-0.2, 0) is 4.74 Å². The molecule has 1 fully saturated rings. The highest BCUT2D eigenvalue weighted by atomic mass is 16.5. The zero-order valence-corrected chi connectivity index (χ0v) is 9.91. The molecule has 1 atom stereocenters. The van der Waals surface area contributed by atoms with Crippen molar-refractivity contribution in [2.24, 2.45) is 0 Å². The summed E-state index contributed by atoms with van der Waals surface area (Å²) >= 11 is 0. The quantitative estimate of drug-likeness (QED) is 0.659. The maximum absolute atomic E-state index is 9.17. The van der Waals surface area contributed by atoms with Gasteiger partial charge in [0.1, 0.15) is 0 Å². The van der Waals surface area contributed by atoms with Gasteiger partial charge in [-0.15, -0.1) is 0 Å². The fraction of sp³-hybridized carbons (Fsp3) is 1.00. The highest BCUT2D eigenvalue weighted by molar-refractivity contribution is 4.77. The molecule has 0 aromatic heterocycles. The van der Waals surface area contributed by atoms with Crippen LogP contribution in [0.3, 0.4) is 0 Å². The average Bonchev–Trinajstić information content (AvgIpc) is 2.29. The Morgan fingerprint density at radius 2 is 2.13 bits per heavy atom. The lowest BCUT2D eigenvalue weighted by Gasteiger charge is -2.33.